The predicted octanol–water partition coefficient (Wildman–Crippen LogP) is 2.36. The van der Waals surface area contributed by atoms with Crippen molar-refractivity contribution in [3.8, 4) is 0 Å². The van der Waals surface area contributed by atoms with Crippen molar-refractivity contribution in [1.82, 2.24) is 4.90 Å². The van der Waals surface area contributed by atoms with Crippen molar-refractivity contribution in [2.24, 2.45) is 11.8 Å². The smallest absolute Gasteiger partial charge is 0.227 e. The lowest BCUT2D eigenvalue weighted by atomic mass is 10.1. The first kappa shape index (κ1) is 10.2. The quantitative estimate of drug-likeness (QED) is 0.771. The zero-order valence-corrected chi connectivity index (χ0v) is 9.78. The number of benzene rings is 1. The number of piperidine rings is 1. The Kier molecular flexibility index (Phi) is 2.40. The van der Waals surface area contributed by atoms with Gasteiger partial charge < -0.3 is 4.90 Å². The topological polar surface area (TPSA) is 20.3 Å². The van der Waals surface area contributed by atoms with Crippen molar-refractivity contribution >= 4 is 17.5 Å². The van der Waals surface area contributed by atoms with E-state index in [0.717, 1.165) is 30.5 Å². The molecule has 2 aliphatic rings. The Balaban J connectivity index is 1.66. The van der Waals surface area contributed by atoms with Gasteiger partial charge in [-0.25, -0.2) is 0 Å². The average molecular weight is 236 g/mol. The fraction of sp³-hybridized carbons (Fsp3) is 0.462. The molecule has 0 spiro atoms. The van der Waals surface area contributed by atoms with Crippen LogP contribution >= 0.6 is 11.6 Å². The number of carbonyl (C=O) groups excluding carboxylic acids is 1. The van der Waals surface area contributed by atoms with E-state index < -0.39 is 0 Å². The number of amides is 1. The molecule has 1 aliphatic carbocycles. The van der Waals surface area contributed by atoms with E-state index in [-0.39, 0.29) is 5.91 Å². The third-order valence-electron chi connectivity index (χ3n) is 3.63. The van der Waals surface area contributed by atoms with Gasteiger partial charge in [-0.3, -0.25) is 4.79 Å². The molecule has 2 fully saturated rings. The molecule has 1 aliphatic heterocycles. The number of hydrogen-bond acceptors (Lipinski definition) is 1. The average Bonchev–Trinajstić information content (AvgIpc) is 2.89. The summed E-state index contributed by atoms with van der Waals surface area (Å²) < 4.78 is 0. The van der Waals surface area contributed by atoms with Crippen molar-refractivity contribution in [3.05, 3.63) is 34.9 Å². The molecule has 3 rings (SSSR count). The van der Waals surface area contributed by atoms with Gasteiger partial charge in [0, 0.05) is 18.1 Å². The van der Waals surface area contributed by atoms with Gasteiger partial charge in [-0.15, -0.1) is 0 Å². The molecule has 1 saturated heterocycles. The molecule has 0 N–H and O–H groups in total. The maximum atomic E-state index is 12.0. The van der Waals surface area contributed by atoms with Gasteiger partial charge in [0.1, 0.15) is 0 Å². The minimum Gasteiger partial charge on any atom is -0.342 e. The molecule has 2 atom stereocenters. The normalized spacial score (nSPS) is 26.7. The predicted molar refractivity (Wildman–Crippen MR) is 63.3 cm³/mol. The standard InChI is InChI=1S/C13H14ClNO/c14-12-4-2-1-3-9(12)6-13(16)15-7-10-5-11(10)8-15/h1-4,10-11H,5-8H2. The maximum absolute atomic E-state index is 12.0. The van der Waals surface area contributed by atoms with Crippen LogP contribution in [0.2, 0.25) is 5.02 Å². The first-order valence-electron chi connectivity index (χ1n) is 5.75. The second kappa shape index (κ2) is 3.77. The Labute approximate surface area is 100 Å². The highest BCUT2D eigenvalue weighted by Gasteiger charge is 2.46. The van der Waals surface area contributed by atoms with Gasteiger partial charge in [0.25, 0.3) is 0 Å². The van der Waals surface area contributed by atoms with Crippen molar-refractivity contribution in [1.29, 1.82) is 0 Å². The minimum atomic E-state index is 0.223. The van der Waals surface area contributed by atoms with Crippen LogP contribution in [0.25, 0.3) is 0 Å². The SMILES string of the molecule is O=C(Cc1ccccc1Cl)N1CC2CC2C1. The Morgan fingerprint density at radius 2 is 2.00 bits per heavy atom. The van der Waals surface area contributed by atoms with Gasteiger partial charge in [-0.2, -0.15) is 0 Å². The summed E-state index contributed by atoms with van der Waals surface area (Å²) in [5.41, 5.74) is 0.940. The number of rotatable bonds is 2. The fourth-order valence-corrected chi connectivity index (χ4v) is 2.72. The summed E-state index contributed by atoms with van der Waals surface area (Å²) in [5, 5.41) is 0.695. The molecule has 1 amide bonds. The summed E-state index contributed by atoms with van der Waals surface area (Å²) in [6.45, 7) is 1.93. The number of hydrogen-bond donors (Lipinski definition) is 0. The lowest BCUT2D eigenvalue weighted by Gasteiger charge is -2.18. The number of likely N-dealkylation sites (tertiary alicyclic amines) is 1. The van der Waals surface area contributed by atoms with Crippen molar-refractivity contribution in [3.63, 3.8) is 0 Å². The van der Waals surface area contributed by atoms with Crippen molar-refractivity contribution in [2.75, 3.05) is 13.1 Å². The third kappa shape index (κ3) is 1.82. The number of fused-ring (bicyclic) bond motifs is 1. The van der Waals surface area contributed by atoms with E-state index in [9.17, 15) is 4.79 Å². The number of halogens is 1. The molecule has 1 saturated carbocycles. The highest BCUT2D eigenvalue weighted by molar-refractivity contribution is 6.31. The van der Waals surface area contributed by atoms with Gasteiger partial charge >= 0.3 is 0 Å². The number of nitrogens with zero attached hydrogens (tertiary/aromatic N) is 1. The highest BCUT2D eigenvalue weighted by atomic mass is 35.5. The maximum Gasteiger partial charge on any atom is 0.227 e. The van der Waals surface area contributed by atoms with Crippen LogP contribution in [-0.2, 0) is 11.2 Å². The monoisotopic (exact) mass is 235 g/mol. The molecule has 0 radical (unpaired) electrons. The Hall–Kier alpha value is -1.02. The second-order valence-corrected chi connectivity index (χ2v) is 5.23. The zero-order chi connectivity index (χ0) is 11.1. The largest absolute Gasteiger partial charge is 0.342 e. The van der Waals surface area contributed by atoms with E-state index in [4.69, 9.17) is 11.6 Å². The van der Waals surface area contributed by atoms with E-state index in [0.29, 0.717) is 11.4 Å². The molecular formula is C13H14ClNO. The van der Waals surface area contributed by atoms with Gasteiger partial charge in [-0.1, -0.05) is 29.8 Å². The summed E-state index contributed by atoms with van der Waals surface area (Å²) in [7, 11) is 0. The molecule has 0 bridgehead atoms. The molecule has 2 nitrogen and oxygen atoms in total. The van der Waals surface area contributed by atoms with Gasteiger partial charge in [0.15, 0.2) is 0 Å². The molecular weight excluding hydrogens is 222 g/mol. The van der Waals surface area contributed by atoms with E-state index in [1.165, 1.54) is 6.42 Å². The van der Waals surface area contributed by atoms with Crippen LogP contribution < -0.4 is 0 Å². The lowest BCUT2D eigenvalue weighted by Crippen LogP contribution is -2.31. The minimum absolute atomic E-state index is 0.223. The number of carbonyl (C=O) groups is 1. The molecule has 1 heterocycles. The Morgan fingerprint density at radius 3 is 2.69 bits per heavy atom. The zero-order valence-electron chi connectivity index (χ0n) is 9.03. The lowest BCUT2D eigenvalue weighted by molar-refractivity contribution is -0.129. The molecule has 1 aromatic rings. The molecule has 0 aromatic heterocycles. The van der Waals surface area contributed by atoms with Crippen molar-refractivity contribution in [2.45, 2.75) is 12.8 Å². The van der Waals surface area contributed by atoms with Crippen LogP contribution in [0.5, 0.6) is 0 Å². The Bertz CT molecular complexity index is 422. The summed E-state index contributed by atoms with van der Waals surface area (Å²) >= 11 is 6.04. The molecule has 84 valence electrons. The first-order chi connectivity index (χ1) is 7.74. The second-order valence-electron chi connectivity index (χ2n) is 4.82. The van der Waals surface area contributed by atoms with E-state index in [2.05, 4.69) is 0 Å². The summed E-state index contributed by atoms with van der Waals surface area (Å²) in [4.78, 5) is 14.0. The first-order valence-corrected chi connectivity index (χ1v) is 6.13. The summed E-state index contributed by atoms with van der Waals surface area (Å²) in [5.74, 6) is 1.82. The highest BCUT2D eigenvalue weighted by Crippen LogP contribution is 2.44. The van der Waals surface area contributed by atoms with E-state index in [1.54, 1.807) is 0 Å². The molecule has 3 heteroatoms. The van der Waals surface area contributed by atoms with Crippen molar-refractivity contribution < 1.29 is 4.79 Å². The van der Waals surface area contributed by atoms with Crippen LogP contribution in [0.4, 0.5) is 0 Å². The van der Waals surface area contributed by atoms with Gasteiger partial charge in [0.05, 0.1) is 6.42 Å². The van der Waals surface area contributed by atoms with E-state index >= 15 is 0 Å². The van der Waals surface area contributed by atoms with Crippen LogP contribution in [0.1, 0.15) is 12.0 Å². The molecule has 2 unspecified atom stereocenters. The fourth-order valence-electron chi connectivity index (χ4n) is 2.52. The molecule has 1 aromatic carbocycles. The summed E-state index contributed by atoms with van der Waals surface area (Å²) in [6.07, 6.45) is 1.77. The van der Waals surface area contributed by atoms with Crippen LogP contribution in [-0.4, -0.2) is 23.9 Å². The van der Waals surface area contributed by atoms with Crippen LogP contribution in [0.3, 0.4) is 0 Å². The van der Waals surface area contributed by atoms with Crippen LogP contribution in [0.15, 0.2) is 24.3 Å². The van der Waals surface area contributed by atoms with E-state index in [1.807, 2.05) is 29.2 Å². The van der Waals surface area contributed by atoms with Crippen LogP contribution in [0, 0.1) is 11.8 Å². The summed E-state index contributed by atoms with van der Waals surface area (Å²) in [6, 6.07) is 7.58. The van der Waals surface area contributed by atoms with Gasteiger partial charge in [0.2, 0.25) is 5.91 Å². The molecule has 16 heavy (non-hydrogen) atoms. The Morgan fingerprint density at radius 1 is 1.31 bits per heavy atom. The third-order valence-corrected chi connectivity index (χ3v) is 4.00. The van der Waals surface area contributed by atoms with Gasteiger partial charge in [-0.05, 0) is 29.9 Å².